The van der Waals surface area contributed by atoms with Gasteiger partial charge in [0.2, 0.25) is 0 Å². The van der Waals surface area contributed by atoms with Crippen molar-refractivity contribution in [3.05, 3.63) is 208 Å². The van der Waals surface area contributed by atoms with Crippen molar-refractivity contribution < 1.29 is 41.4 Å². The van der Waals surface area contributed by atoms with E-state index in [0.29, 0.717) is 64.5 Å². The van der Waals surface area contributed by atoms with Crippen molar-refractivity contribution >= 4 is 56.2 Å². The van der Waals surface area contributed by atoms with Crippen molar-refractivity contribution in [2.24, 2.45) is 20.5 Å². The third-order valence-electron chi connectivity index (χ3n) is 11.0. The fourth-order valence-electron chi connectivity index (χ4n) is 7.44. The van der Waals surface area contributed by atoms with E-state index >= 15 is 0 Å². The molecule has 8 aromatic carbocycles. The van der Waals surface area contributed by atoms with E-state index in [1.807, 2.05) is 30.3 Å². The third kappa shape index (κ3) is 10.9. The number of allylic oxidation sites excluding steroid dienone is 1. The minimum Gasteiger partial charge on any atom is -0.506 e. The molecule has 0 heterocycles. The Balaban J connectivity index is 0.868. The number of phenolic OH excluding ortho intramolecular Hbond substituents is 2. The largest absolute Gasteiger partial charge is 0.506 e. The molecule has 0 atom stereocenters. The summed E-state index contributed by atoms with van der Waals surface area (Å²) in [4.78, 5) is 13.0. The van der Waals surface area contributed by atoms with Gasteiger partial charge in [0.05, 0.1) is 22.5 Å². The summed E-state index contributed by atoms with van der Waals surface area (Å²) >= 11 is 0. The zero-order valence-electron chi connectivity index (χ0n) is 34.9. The second kappa shape index (κ2) is 19.0. The number of hydrogen-bond donors (Lipinski definition) is 2. The molecule has 0 spiro atoms. The molecule has 0 radical (unpaired) electrons. The van der Waals surface area contributed by atoms with Gasteiger partial charge in [0, 0.05) is 16.3 Å². The molecule has 13 heteroatoms. The number of nitrogens with zero attached hydrogens (tertiary/aromatic N) is 4. The van der Waals surface area contributed by atoms with Crippen molar-refractivity contribution in [3.63, 3.8) is 0 Å². The summed E-state index contributed by atoms with van der Waals surface area (Å²) in [6.45, 7) is 0. The van der Waals surface area contributed by atoms with Gasteiger partial charge in [0.15, 0.2) is 5.78 Å². The van der Waals surface area contributed by atoms with Crippen LogP contribution in [-0.4, -0.2) is 16.0 Å². The first-order chi connectivity index (χ1) is 31.7. The molecule has 2 N–H and O–H groups in total. The summed E-state index contributed by atoms with van der Waals surface area (Å²) in [5.41, 5.74) is 4.27. The lowest BCUT2D eigenvalue weighted by Gasteiger charge is -2.10. The van der Waals surface area contributed by atoms with Crippen LogP contribution in [0.4, 0.5) is 49.1 Å². The molecule has 0 aliphatic rings. The number of phenols is 2. The smallest absolute Gasteiger partial charge is 0.416 e. The molecule has 66 heavy (non-hydrogen) atoms. The Labute approximate surface area is 374 Å². The lowest BCUT2D eigenvalue weighted by atomic mass is 9.99. The third-order valence-corrected chi connectivity index (χ3v) is 11.0. The monoisotopic (exact) mass is 892 g/mol. The molecule has 0 amide bonds. The SMILES string of the molecule is O=C(C=Cc1ccc(N=Nc2c(O)ccc3cc(CCc4cccc(C(F)(F)F)c4)ccc23)cc1)c1ccc(N=Nc2c(O)ccc3cc(CCc4cccc(C(F)(F)F)c4)ccc23)cc1. The van der Waals surface area contributed by atoms with Gasteiger partial charge >= 0.3 is 12.4 Å². The molecular formula is C53H38F6N4O3. The molecule has 0 aliphatic heterocycles. The van der Waals surface area contributed by atoms with Crippen LogP contribution in [0.3, 0.4) is 0 Å². The zero-order valence-corrected chi connectivity index (χ0v) is 34.9. The summed E-state index contributed by atoms with van der Waals surface area (Å²) in [6, 6.07) is 41.8. The highest BCUT2D eigenvalue weighted by Crippen LogP contribution is 2.39. The summed E-state index contributed by atoms with van der Waals surface area (Å²) < 4.78 is 78.9. The van der Waals surface area contributed by atoms with Gasteiger partial charge in [-0.1, -0.05) is 103 Å². The Morgan fingerprint density at radius 1 is 0.470 bits per heavy atom. The van der Waals surface area contributed by atoms with Gasteiger partial charge in [-0.3, -0.25) is 4.79 Å². The molecule has 0 aliphatic carbocycles. The average molecular weight is 893 g/mol. The van der Waals surface area contributed by atoms with Crippen molar-refractivity contribution in [2.45, 2.75) is 38.0 Å². The quantitative estimate of drug-likeness (QED) is 0.0521. The van der Waals surface area contributed by atoms with Crippen LogP contribution in [0, 0.1) is 0 Å². The molecular weight excluding hydrogens is 855 g/mol. The molecule has 7 nitrogen and oxygen atoms in total. The lowest BCUT2D eigenvalue weighted by Crippen LogP contribution is -2.05. The predicted molar refractivity (Wildman–Crippen MR) is 244 cm³/mol. The van der Waals surface area contributed by atoms with Crippen LogP contribution >= 0.6 is 0 Å². The Hall–Kier alpha value is -7.93. The molecule has 0 aromatic heterocycles. The molecule has 0 bridgehead atoms. The van der Waals surface area contributed by atoms with Gasteiger partial charge in [-0.05, 0) is 131 Å². The highest BCUT2D eigenvalue weighted by molar-refractivity contribution is 6.07. The van der Waals surface area contributed by atoms with E-state index in [0.717, 1.165) is 45.7 Å². The Kier molecular flexibility index (Phi) is 12.9. The number of aryl methyl sites for hydroxylation is 4. The number of halogens is 6. The van der Waals surface area contributed by atoms with Crippen molar-refractivity contribution in [3.8, 4) is 11.5 Å². The van der Waals surface area contributed by atoms with Crippen molar-refractivity contribution in [2.75, 3.05) is 0 Å². The first-order valence-corrected chi connectivity index (χ1v) is 20.7. The van der Waals surface area contributed by atoms with E-state index in [1.165, 1.54) is 36.4 Å². The minimum absolute atomic E-state index is 0.0632. The van der Waals surface area contributed by atoms with Crippen LogP contribution in [0.2, 0.25) is 0 Å². The summed E-state index contributed by atoms with van der Waals surface area (Å²) in [5.74, 6) is -0.388. The van der Waals surface area contributed by atoms with Gasteiger partial charge in [-0.2, -0.15) is 36.6 Å². The van der Waals surface area contributed by atoms with Crippen LogP contribution in [0.5, 0.6) is 11.5 Å². The van der Waals surface area contributed by atoms with Gasteiger partial charge in [0.1, 0.15) is 22.9 Å². The van der Waals surface area contributed by atoms with Gasteiger partial charge < -0.3 is 10.2 Å². The molecule has 330 valence electrons. The summed E-state index contributed by atoms with van der Waals surface area (Å²) in [7, 11) is 0. The zero-order chi connectivity index (χ0) is 46.4. The van der Waals surface area contributed by atoms with Gasteiger partial charge in [0.25, 0.3) is 0 Å². The molecule has 0 unspecified atom stereocenters. The second-order valence-corrected chi connectivity index (χ2v) is 15.6. The fraction of sp³-hybridized carbons (Fsp3) is 0.113. The number of fused-ring (bicyclic) bond motifs is 2. The van der Waals surface area contributed by atoms with Crippen LogP contribution in [-0.2, 0) is 38.0 Å². The molecule has 8 rings (SSSR count). The lowest BCUT2D eigenvalue weighted by molar-refractivity contribution is -0.138. The second-order valence-electron chi connectivity index (χ2n) is 15.6. The van der Waals surface area contributed by atoms with Crippen LogP contribution < -0.4 is 0 Å². The standard InChI is InChI=1S/C53H38F6N4O3/c54-52(55,56)41-5-1-3-34(31-41)7-9-36-13-24-45-39(29-36)18-27-48(65)50(45)62-60-43-20-11-33(12-21-43)15-26-47(64)38-16-22-44(23-17-38)61-63-51-46-25-14-37(30-40(46)19-28-49(51)66)10-8-35-4-2-6-42(32-35)53(57,58)59/h1-6,11-32,65-66H,7-10H2. The van der Waals surface area contributed by atoms with Crippen molar-refractivity contribution in [1.82, 2.24) is 0 Å². The number of aromatic hydroxyl groups is 2. The predicted octanol–water partition coefficient (Wildman–Crippen LogP) is 15.7. The molecule has 8 aromatic rings. The number of benzene rings is 8. The Morgan fingerprint density at radius 3 is 1.33 bits per heavy atom. The maximum atomic E-state index is 13.2. The van der Waals surface area contributed by atoms with E-state index < -0.39 is 23.5 Å². The molecule has 0 saturated heterocycles. The van der Waals surface area contributed by atoms with E-state index in [4.69, 9.17) is 0 Å². The number of rotatable bonds is 13. The van der Waals surface area contributed by atoms with Crippen LogP contribution in [0.15, 0.2) is 184 Å². The van der Waals surface area contributed by atoms with E-state index in [2.05, 4.69) is 20.5 Å². The summed E-state index contributed by atoms with van der Waals surface area (Å²) in [5, 5.41) is 41.4. The number of carbonyl (C=O) groups is 1. The van der Waals surface area contributed by atoms with Crippen LogP contribution in [0.25, 0.3) is 27.6 Å². The normalized spacial score (nSPS) is 12.3. The number of carbonyl (C=O) groups excluding carboxylic acids is 1. The highest BCUT2D eigenvalue weighted by atomic mass is 19.4. The number of hydrogen-bond acceptors (Lipinski definition) is 7. The topological polar surface area (TPSA) is 107 Å². The van der Waals surface area contributed by atoms with E-state index in [-0.39, 0.29) is 28.7 Å². The van der Waals surface area contributed by atoms with E-state index in [1.54, 1.807) is 84.9 Å². The number of azo groups is 2. The van der Waals surface area contributed by atoms with Crippen molar-refractivity contribution in [1.29, 1.82) is 0 Å². The minimum atomic E-state index is -4.40. The molecule has 0 fully saturated rings. The maximum Gasteiger partial charge on any atom is 0.416 e. The average Bonchev–Trinajstić information content (AvgIpc) is 3.31. The highest BCUT2D eigenvalue weighted by Gasteiger charge is 2.31. The Bertz CT molecular complexity index is 3160. The Morgan fingerprint density at radius 2 is 0.894 bits per heavy atom. The fourth-order valence-corrected chi connectivity index (χ4v) is 7.44. The number of alkyl halides is 6. The van der Waals surface area contributed by atoms with Gasteiger partial charge in [-0.25, -0.2) is 0 Å². The number of ketones is 1. The molecule has 0 saturated carbocycles. The van der Waals surface area contributed by atoms with Crippen LogP contribution in [0.1, 0.15) is 49.3 Å². The first kappa shape index (κ1) is 44.7. The summed E-state index contributed by atoms with van der Waals surface area (Å²) in [6.07, 6.45) is -3.81. The van der Waals surface area contributed by atoms with E-state index in [9.17, 15) is 41.4 Å². The van der Waals surface area contributed by atoms with Gasteiger partial charge in [-0.15, -0.1) is 10.2 Å². The maximum absolute atomic E-state index is 13.2. The first-order valence-electron chi connectivity index (χ1n) is 20.7.